The van der Waals surface area contributed by atoms with E-state index >= 15 is 0 Å². The zero-order valence-corrected chi connectivity index (χ0v) is 24.8. The van der Waals surface area contributed by atoms with Crippen LogP contribution in [-0.4, -0.2) is 48.9 Å². The lowest BCUT2D eigenvalue weighted by Gasteiger charge is -2.23. The normalized spacial score (nSPS) is 15.0. The average molecular weight is 603 g/mol. The molecule has 1 aliphatic heterocycles. The van der Waals surface area contributed by atoms with Gasteiger partial charge in [-0.2, -0.15) is 0 Å². The lowest BCUT2D eigenvalue weighted by Crippen LogP contribution is -2.33. The molecule has 1 aliphatic rings. The predicted octanol–water partition coefficient (Wildman–Crippen LogP) is 6.99. The Balaban J connectivity index is 1.53. The van der Waals surface area contributed by atoms with Crippen LogP contribution in [0.1, 0.15) is 6.42 Å². The van der Waals surface area contributed by atoms with Crippen molar-refractivity contribution in [3.63, 3.8) is 0 Å². The topological polar surface area (TPSA) is 86.4 Å². The van der Waals surface area contributed by atoms with Crippen molar-refractivity contribution in [3.8, 4) is 22.3 Å². The van der Waals surface area contributed by atoms with E-state index in [-0.39, 0.29) is 11.8 Å². The molecule has 1 N–H and O–H groups in total. The molecule has 2 aromatic heterocycles. The quantitative estimate of drug-likeness (QED) is 0.203. The second kappa shape index (κ2) is 10.9. The molecule has 208 valence electrons. The van der Waals surface area contributed by atoms with Gasteiger partial charge in [0.25, 0.3) is 0 Å². The highest BCUT2D eigenvalue weighted by atomic mass is 35.5. The number of hydrogen-bond acceptors (Lipinski definition) is 5. The van der Waals surface area contributed by atoms with Crippen molar-refractivity contribution in [3.05, 3.63) is 90.5 Å². The molecule has 3 heterocycles. The third kappa shape index (κ3) is 4.88. The molecule has 5 aromatic rings. The SMILES string of the molecule is CN(C(=O)CCl)c1ccc(-c2cnc3[nH]c4ccc(N(C)S(=O)(=O)C5CC=CS5)cc4c3c2-c2ccccc2)cc1. The lowest BCUT2D eigenvalue weighted by molar-refractivity contribution is -0.116. The van der Waals surface area contributed by atoms with E-state index in [1.165, 1.54) is 21.0 Å². The highest BCUT2D eigenvalue weighted by Crippen LogP contribution is 2.42. The van der Waals surface area contributed by atoms with E-state index in [1.54, 1.807) is 14.1 Å². The Morgan fingerprint density at radius 2 is 1.76 bits per heavy atom. The van der Waals surface area contributed by atoms with Crippen molar-refractivity contribution in [1.29, 1.82) is 0 Å². The first kappa shape index (κ1) is 27.4. The van der Waals surface area contributed by atoms with Gasteiger partial charge in [-0.15, -0.1) is 23.4 Å². The fourth-order valence-corrected chi connectivity index (χ4v) is 8.20. The van der Waals surface area contributed by atoms with E-state index in [1.807, 2.05) is 78.3 Å². The molecule has 1 unspecified atom stereocenters. The Bertz CT molecular complexity index is 1900. The van der Waals surface area contributed by atoms with Crippen LogP contribution >= 0.6 is 23.4 Å². The second-order valence-electron chi connectivity index (χ2n) is 9.81. The van der Waals surface area contributed by atoms with Crippen LogP contribution in [0.4, 0.5) is 11.4 Å². The number of aromatic nitrogens is 2. The van der Waals surface area contributed by atoms with Crippen LogP contribution in [0.2, 0.25) is 0 Å². The summed E-state index contributed by atoms with van der Waals surface area (Å²) < 4.78 is 27.6. The predicted molar refractivity (Wildman–Crippen MR) is 171 cm³/mol. The number of rotatable bonds is 7. The molecule has 0 fully saturated rings. The molecule has 0 saturated carbocycles. The summed E-state index contributed by atoms with van der Waals surface area (Å²) in [5, 5.41) is 3.64. The van der Waals surface area contributed by atoms with Crippen LogP contribution in [0.25, 0.3) is 44.2 Å². The van der Waals surface area contributed by atoms with Gasteiger partial charge < -0.3 is 9.88 Å². The Morgan fingerprint density at radius 3 is 2.44 bits per heavy atom. The van der Waals surface area contributed by atoms with E-state index in [9.17, 15) is 13.2 Å². The summed E-state index contributed by atoms with van der Waals surface area (Å²) in [4.78, 5) is 21.8. The minimum atomic E-state index is -3.56. The highest BCUT2D eigenvalue weighted by Gasteiger charge is 2.31. The molecular formula is C31H27ClN4O3S2. The van der Waals surface area contributed by atoms with E-state index < -0.39 is 14.6 Å². The number of amides is 1. The molecule has 0 radical (unpaired) electrons. The van der Waals surface area contributed by atoms with E-state index in [4.69, 9.17) is 16.6 Å². The fraction of sp³-hybridized carbons (Fsp3) is 0.161. The van der Waals surface area contributed by atoms with E-state index in [2.05, 4.69) is 17.1 Å². The summed E-state index contributed by atoms with van der Waals surface area (Å²) in [6.45, 7) is 0. The van der Waals surface area contributed by atoms with Gasteiger partial charge in [0.05, 0.1) is 5.69 Å². The first-order valence-electron chi connectivity index (χ1n) is 13.0. The number of benzene rings is 3. The molecule has 10 heteroatoms. The van der Waals surface area contributed by atoms with Crippen LogP contribution in [0.5, 0.6) is 0 Å². The van der Waals surface area contributed by atoms with Gasteiger partial charge in [-0.25, -0.2) is 13.4 Å². The Hall–Kier alpha value is -3.79. The largest absolute Gasteiger partial charge is 0.339 e. The Kier molecular flexibility index (Phi) is 7.27. The molecule has 41 heavy (non-hydrogen) atoms. The van der Waals surface area contributed by atoms with Crippen LogP contribution in [0.3, 0.4) is 0 Å². The van der Waals surface area contributed by atoms with Gasteiger partial charge in [0.2, 0.25) is 15.9 Å². The van der Waals surface area contributed by atoms with Crippen molar-refractivity contribution in [1.82, 2.24) is 9.97 Å². The number of carbonyl (C=O) groups excluding carboxylic acids is 1. The van der Waals surface area contributed by atoms with Gasteiger partial charge in [-0.1, -0.05) is 48.5 Å². The van der Waals surface area contributed by atoms with Crippen LogP contribution in [0, 0.1) is 0 Å². The second-order valence-corrected chi connectivity index (χ2v) is 13.6. The number of pyridine rings is 1. The highest BCUT2D eigenvalue weighted by molar-refractivity contribution is 8.15. The molecule has 0 bridgehead atoms. The first-order chi connectivity index (χ1) is 19.8. The van der Waals surface area contributed by atoms with Gasteiger partial charge in [0.1, 0.15) is 16.1 Å². The van der Waals surface area contributed by atoms with Gasteiger partial charge >= 0.3 is 0 Å². The fourth-order valence-electron chi connectivity index (χ4n) is 5.14. The maximum absolute atomic E-state index is 13.3. The number of nitrogens with zero attached hydrogens (tertiary/aromatic N) is 3. The van der Waals surface area contributed by atoms with Crippen LogP contribution < -0.4 is 9.21 Å². The van der Waals surface area contributed by atoms with E-state index in [0.717, 1.165) is 44.2 Å². The molecular weight excluding hydrogens is 576 g/mol. The average Bonchev–Trinajstić information content (AvgIpc) is 3.69. The number of allylic oxidation sites excluding steroid dienone is 1. The lowest BCUT2D eigenvalue weighted by atomic mass is 9.92. The van der Waals surface area contributed by atoms with Gasteiger partial charge in [-0.05, 0) is 53.3 Å². The number of aromatic amines is 1. The summed E-state index contributed by atoms with van der Waals surface area (Å²) in [7, 11) is -0.247. The zero-order chi connectivity index (χ0) is 28.7. The summed E-state index contributed by atoms with van der Waals surface area (Å²) in [6.07, 6.45) is 4.24. The number of fused-ring (bicyclic) bond motifs is 3. The molecule has 3 aromatic carbocycles. The van der Waals surface area contributed by atoms with Crippen LogP contribution in [0.15, 0.2) is 90.5 Å². The zero-order valence-electron chi connectivity index (χ0n) is 22.4. The molecule has 0 aliphatic carbocycles. The molecule has 1 atom stereocenters. The van der Waals surface area contributed by atoms with Crippen molar-refractivity contribution in [2.75, 3.05) is 29.2 Å². The maximum Gasteiger partial charge on any atom is 0.247 e. The van der Waals surface area contributed by atoms with Crippen molar-refractivity contribution < 1.29 is 13.2 Å². The van der Waals surface area contributed by atoms with Crippen molar-refractivity contribution >= 4 is 72.6 Å². The molecule has 0 spiro atoms. The smallest absolute Gasteiger partial charge is 0.247 e. The first-order valence-corrected chi connectivity index (χ1v) is 16.0. The third-order valence-electron chi connectivity index (χ3n) is 7.45. The summed E-state index contributed by atoms with van der Waals surface area (Å²) in [6, 6.07) is 23.5. The monoisotopic (exact) mass is 602 g/mol. The number of carbonyl (C=O) groups is 1. The minimum Gasteiger partial charge on any atom is -0.339 e. The minimum absolute atomic E-state index is 0.0909. The number of thioether (sulfide) groups is 1. The number of alkyl halides is 1. The number of sulfonamides is 1. The van der Waals surface area contributed by atoms with Crippen molar-refractivity contribution in [2.24, 2.45) is 0 Å². The third-order valence-corrected chi connectivity index (χ3v) is 11.4. The summed E-state index contributed by atoms with van der Waals surface area (Å²) >= 11 is 7.08. The number of nitrogens with one attached hydrogen (secondary N) is 1. The number of hydrogen-bond donors (Lipinski definition) is 1. The molecule has 7 nitrogen and oxygen atoms in total. The number of anilines is 2. The maximum atomic E-state index is 13.3. The van der Waals surface area contributed by atoms with Crippen LogP contribution in [-0.2, 0) is 14.8 Å². The molecule has 6 rings (SSSR count). The van der Waals surface area contributed by atoms with Gasteiger partial charge in [0.15, 0.2) is 0 Å². The number of H-pyrrole nitrogens is 1. The summed E-state index contributed by atoms with van der Waals surface area (Å²) in [5.41, 5.74) is 6.76. The molecule has 1 amide bonds. The Morgan fingerprint density at radius 1 is 1.02 bits per heavy atom. The Labute approximate surface area is 247 Å². The summed E-state index contributed by atoms with van der Waals surface area (Å²) in [5.74, 6) is -0.274. The number of halogens is 1. The van der Waals surface area contributed by atoms with Gasteiger partial charge in [-0.3, -0.25) is 9.10 Å². The van der Waals surface area contributed by atoms with E-state index in [0.29, 0.717) is 17.8 Å². The standard InChI is InChI=1S/C31H27ClN4O3S2/c1-35(27(37)18-32)22-12-10-20(11-13-22)25-19-33-31-30(29(25)21-7-4-3-5-8-21)24-17-23(14-15-26(24)34-31)36(2)41(38,39)28-9-6-16-40-28/h3-8,10-17,19,28H,9,18H2,1-2H3,(H,33,34). The van der Waals surface area contributed by atoms with Gasteiger partial charge in [0, 0.05) is 53.4 Å². The molecule has 0 saturated heterocycles. The van der Waals surface area contributed by atoms with Crippen molar-refractivity contribution in [2.45, 2.75) is 11.0 Å².